The molecule has 3 rings (SSSR count). The lowest BCUT2D eigenvalue weighted by atomic mass is 9.89. The lowest BCUT2D eigenvalue weighted by Crippen LogP contribution is -2.35. The Hall–Kier alpha value is -3.26. The van der Waals surface area contributed by atoms with Crippen LogP contribution in [-0.2, 0) is 27.2 Å². The van der Waals surface area contributed by atoms with Gasteiger partial charge in [0.2, 0.25) is 0 Å². The molecule has 8 heteroatoms. The van der Waals surface area contributed by atoms with E-state index in [1.54, 1.807) is 35.0 Å². The third kappa shape index (κ3) is 8.39. The van der Waals surface area contributed by atoms with Crippen molar-refractivity contribution in [2.45, 2.75) is 58.6 Å². The van der Waals surface area contributed by atoms with E-state index in [2.05, 4.69) is 66.3 Å². The first kappa shape index (κ1) is 30.0. The number of nitrogens with one attached hydrogen (secondary N) is 1. The molecule has 2 aromatic rings. The maximum absolute atomic E-state index is 10.9. The second-order valence-corrected chi connectivity index (χ2v) is 10.3. The number of amides is 1. The quantitative estimate of drug-likeness (QED) is 0.529. The van der Waals surface area contributed by atoms with Crippen LogP contribution in [0.1, 0.15) is 60.9 Å². The van der Waals surface area contributed by atoms with Crippen LogP contribution in [0, 0.1) is 6.92 Å². The Bertz CT molecular complexity index is 1070. The average molecular weight is 515 g/mol. The van der Waals surface area contributed by atoms with Crippen LogP contribution in [-0.4, -0.2) is 64.5 Å². The van der Waals surface area contributed by atoms with Crippen molar-refractivity contribution in [3.05, 3.63) is 58.1 Å². The van der Waals surface area contributed by atoms with E-state index in [-0.39, 0.29) is 6.54 Å². The molecule has 37 heavy (non-hydrogen) atoms. The van der Waals surface area contributed by atoms with Crippen LogP contribution in [0.15, 0.2) is 30.3 Å². The number of hydrogen-bond acceptors (Lipinski definition) is 7. The summed E-state index contributed by atoms with van der Waals surface area (Å²) in [5, 5.41) is 2.25. The fourth-order valence-electron chi connectivity index (χ4n) is 4.51. The predicted octanol–water partition coefficient (Wildman–Crippen LogP) is 4.84. The lowest BCUT2D eigenvalue weighted by molar-refractivity contribution is -0.139. The number of rotatable bonds is 7. The Balaban J connectivity index is 0.000000317. The summed E-state index contributed by atoms with van der Waals surface area (Å²) in [5.74, 6) is 1.73. The van der Waals surface area contributed by atoms with Crippen LogP contribution in [0.3, 0.4) is 0 Å². The van der Waals surface area contributed by atoms with Gasteiger partial charge in [-0.3, -0.25) is 4.79 Å². The zero-order valence-electron chi connectivity index (χ0n) is 23.7. The number of methoxy groups -OCH3 is 3. The highest BCUT2D eigenvalue weighted by Crippen LogP contribution is 2.47. The van der Waals surface area contributed by atoms with Gasteiger partial charge in [0.25, 0.3) is 0 Å². The first-order valence-electron chi connectivity index (χ1n) is 12.4. The number of carbonyl (C=O) groups is 2. The topological polar surface area (TPSA) is 86.3 Å². The van der Waals surface area contributed by atoms with E-state index in [1.807, 2.05) is 0 Å². The van der Waals surface area contributed by atoms with Crippen molar-refractivity contribution in [2.75, 3.05) is 42.0 Å². The number of carbonyl (C=O) groups excluding carboxylic acids is 2. The molecule has 2 aromatic carbocycles. The molecule has 1 aliphatic rings. The summed E-state index contributed by atoms with van der Waals surface area (Å²) >= 11 is 0. The number of nitrogens with zero attached hydrogens (tertiary/aromatic N) is 1. The van der Waals surface area contributed by atoms with E-state index in [0.29, 0.717) is 5.92 Å². The van der Waals surface area contributed by atoms with Crippen molar-refractivity contribution in [3.63, 3.8) is 0 Å². The molecule has 0 spiro atoms. The van der Waals surface area contributed by atoms with Crippen LogP contribution < -0.4 is 14.8 Å². The van der Waals surface area contributed by atoms with Crippen molar-refractivity contribution in [3.8, 4) is 11.5 Å². The van der Waals surface area contributed by atoms with Crippen LogP contribution in [0.5, 0.6) is 11.5 Å². The minimum atomic E-state index is -0.627. The Morgan fingerprint density at radius 3 is 2.32 bits per heavy atom. The van der Waals surface area contributed by atoms with Crippen molar-refractivity contribution in [2.24, 2.45) is 0 Å². The Morgan fingerprint density at radius 1 is 1.05 bits per heavy atom. The molecule has 1 unspecified atom stereocenters. The number of fused-ring (bicyclic) bond motifs is 1. The van der Waals surface area contributed by atoms with Crippen LogP contribution >= 0.6 is 0 Å². The smallest absolute Gasteiger partial charge is 0.408 e. The summed E-state index contributed by atoms with van der Waals surface area (Å²) < 4.78 is 20.8. The molecule has 0 saturated heterocycles. The molecule has 0 aromatic heterocycles. The maximum Gasteiger partial charge on any atom is 0.408 e. The molecule has 1 amide bonds. The Kier molecular flexibility index (Phi) is 10.8. The summed E-state index contributed by atoms with van der Waals surface area (Å²) in [6.45, 7) is 8.11. The summed E-state index contributed by atoms with van der Waals surface area (Å²) in [5.41, 5.74) is 6.15. The van der Waals surface area contributed by atoms with Gasteiger partial charge < -0.3 is 29.2 Å². The molecule has 0 radical (unpaired) electrons. The molecule has 0 fully saturated rings. The monoisotopic (exact) mass is 514 g/mol. The number of benzene rings is 2. The van der Waals surface area contributed by atoms with E-state index in [0.717, 1.165) is 30.9 Å². The fourth-order valence-corrected chi connectivity index (χ4v) is 4.51. The number of ether oxygens (including phenoxy) is 4. The third-order valence-corrected chi connectivity index (χ3v) is 6.01. The van der Waals surface area contributed by atoms with Gasteiger partial charge in [-0.25, -0.2) is 4.79 Å². The van der Waals surface area contributed by atoms with E-state index in [4.69, 9.17) is 14.2 Å². The van der Waals surface area contributed by atoms with Gasteiger partial charge in [0.15, 0.2) is 0 Å². The van der Waals surface area contributed by atoms with Gasteiger partial charge in [-0.2, -0.15) is 0 Å². The van der Waals surface area contributed by atoms with Crippen LogP contribution in [0.25, 0.3) is 0 Å². The van der Waals surface area contributed by atoms with Crippen molar-refractivity contribution >= 4 is 12.1 Å². The molecule has 1 N–H and O–H groups in total. The Morgan fingerprint density at radius 2 is 1.76 bits per heavy atom. The molecule has 0 aliphatic heterocycles. The molecule has 0 bridgehead atoms. The molecule has 0 saturated carbocycles. The van der Waals surface area contributed by atoms with Gasteiger partial charge in [-0.15, -0.1) is 0 Å². The molecule has 1 atom stereocenters. The minimum absolute atomic E-state index is 0.175. The first-order valence-corrected chi connectivity index (χ1v) is 12.4. The molecular formula is C29H42N2O6. The van der Waals surface area contributed by atoms with Gasteiger partial charge in [0.05, 0.1) is 21.3 Å². The van der Waals surface area contributed by atoms with Gasteiger partial charge in [-0.1, -0.05) is 24.3 Å². The summed E-state index contributed by atoms with van der Waals surface area (Å²) in [6.07, 6.45) is 1.60. The number of aryl methyl sites for hydroxylation is 1. The average Bonchev–Trinajstić information content (AvgIpc) is 3.26. The minimum Gasteiger partial charge on any atom is -0.496 e. The number of esters is 1. The van der Waals surface area contributed by atoms with Crippen LogP contribution in [0.4, 0.5) is 4.79 Å². The molecule has 1 aliphatic carbocycles. The van der Waals surface area contributed by atoms with Gasteiger partial charge >= 0.3 is 12.1 Å². The predicted molar refractivity (Wildman–Crippen MR) is 145 cm³/mol. The molecule has 0 heterocycles. The largest absolute Gasteiger partial charge is 0.496 e. The second kappa shape index (κ2) is 13.3. The highest BCUT2D eigenvalue weighted by Gasteiger charge is 2.31. The normalized spacial score (nSPS) is 14.3. The SMILES string of the molecule is COC(=O)CNC(=O)OC(C)(C)C.COc1ccc(CN(C)C)c(OC)c1C1CCc2c(C)cccc21. The zero-order valence-corrected chi connectivity index (χ0v) is 23.7. The summed E-state index contributed by atoms with van der Waals surface area (Å²) in [6, 6.07) is 10.8. The first-order chi connectivity index (χ1) is 17.4. The van der Waals surface area contributed by atoms with Crippen LogP contribution in [0.2, 0.25) is 0 Å². The fraction of sp³-hybridized carbons (Fsp3) is 0.517. The molecule has 204 valence electrons. The van der Waals surface area contributed by atoms with Crippen molar-refractivity contribution in [1.29, 1.82) is 0 Å². The highest BCUT2D eigenvalue weighted by atomic mass is 16.6. The lowest BCUT2D eigenvalue weighted by Gasteiger charge is -2.23. The van der Waals surface area contributed by atoms with E-state index in [9.17, 15) is 9.59 Å². The second-order valence-electron chi connectivity index (χ2n) is 10.3. The maximum atomic E-state index is 10.9. The standard InChI is InChI=1S/C21H27NO2.C8H15NO4/c1-14-7-6-8-17-16(14)10-11-18(17)20-19(23-4)12-9-15(13-22(2)3)21(20)24-5;1-8(2,3)13-7(11)9-5-6(10)12-4/h6-9,12,18H,10-11,13H2,1-5H3;5H2,1-4H3,(H,9,11). The molecular weight excluding hydrogens is 472 g/mol. The van der Waals surface area contributed by atoms with Crippen molar-refractivity contribution in [1.82, 2.24) is 10.2 Å². The number of hydrogen-bond donors (Lipinski definition) is 1. The third-order valence-electron chi connectivity index (χ3n) is 6.01. The highest BCUT2D eigenvalue weighted by molar-refractivity contribution is 5.77. The summed E-state index contributed by atoms with van der Waals surface area (Å²) in [7, 11) is 8.92. The van der Waals surface area contributed by atoms with Gasteiger partial charge in [0, 0.05) is 23.6 Å². The zero-order chi connectivity index (χ0) is 27.8. The van der Waals surface area contributed by atoms with E-state index in [1.165, 1.54) is 34.9 Å². The van der Waals surface area contributed by atoms with E-state index >= 15 is 0 Å². The molecule has 8 nitrogen and oxygen atoms in total. The Labute approximate surface area is 221 Å². The van der Waals surface area contributed by atoms with Gasteiger partial charge in [-0.05, 0) is 77.4 Å². The van der Waals surface area contributed by atoms with E-state index < -0.39 is 17.7 Å². The van der Waals surface area contributed by atoms with Crippen molar-refractivity contribution < 1.29 is 28.5 Å². The van der Waals surface area contributed by atoms with Gasteiger partial charge in [0.1, 0.15) is 23.6 Å². The number of alkyl carbamates (subject to hydrolysis) is 1. The summed E-state index contributed by atoms with van der Waals surface area (Å²) in [4.78, 5) is 23.7.